The van der Waals surface area contributed by atoms with E-state index < -0.39 is 0 Å². The van der Waals surface area contributed by atoms with Crippen molar-refractivity contribution in [3.05, 3.63) is 11.8 Å². The molecular formula is C12H18N6O. The largest absolute Gasteiger partial charge is 0.354 e. The van der Waals surface area contributed by atoms with Crippen molar-refractivity contribution in [2.45, 2.75) is 25.8 Å². The van der Waals surface area contributed by atoms with Crippen LogP contribution in [0.1, 0.15) is 18.4 Å². The Morgan fingerprint density at radius 3 is 3.21 bits per heavy atom. The molecule has 19 heavy (non-hydrogen) atoms. The molecule has 0 spiro atoms. The molecule has 0 radical (unpaired) electrons. The lowest BCUT2D eigenvalue weighted by atomic mass is 9.91. The van der Waals surface area contributed by atoms with Crippen LogP contribution in [0.3, 0.4) is 0 Å². The Hall–Kier alpha value is -1.89. The minimum absolute atomic E-state index is 0.0809. The lowest BCUT2D eigenvalue weighted by molar-refractivity contribution is -0.122. The average Bonchev–Trinajstić information content (AvgIpc) is 2.81. The molecule has 1 aromatic rings. The molecule has 4 N–H and O–H groups in total. The molecule has 0 aromatic carbocycles. The number of piperidine rings is 1. The molecule has 7 heteroatoms. The van der Waals surface area contributed by atoms with Gasteiger partial charge in [0, 0.05) is 24.8 Å². The number of fused-ring (bicyclic) bond motifs is 1. The second kappa shape index (κ2) is 4.65. The Bertz CT molecular complexity index is 505. The first-order chi connectivity index (χ1) is 9.20. The van der Waals surface area contributed by atoms with E-state index in [-0.39, 0.29) is 17.9 Å². The molecule has 0 bridgehead atoms. The Labute approximate surface area is 111 Å². The summed E-state index contributed by atoms with van der Waals surface area (Å²) in [4.78, 5) is 22.5. The Morgan fingerprint density at radius 1 is 1.58 bits per heavy atom. The van der Waals surface area contributed by atoms with Crippen molar-refractivity contribution in [3.8, 4) is 0 Å². The van der Waals surface area contributed by atoms with Gasteiger partial charge in [-0.2, -0.15) is 4.98 Å². The summed E-state index contributed by atoms with van der Waals surface area (Å²) in [6.07, 6.45) is 3.72. The van der Waals surface area contributed by atoms with Crippen molar-refractivity contribution in [1.29, 1.82) is 0 Å². The van der Waals surface area contributed by atoms with Crippen LogP contribution in [0.5, 0.6) is 0 Å². The molecule has 0 aliphatic carbocycles. The van der Waals surface area contributed by atoms with Crippen LogP contribution < -0.4 is 21.5 Å². The van der Waals surface area contributed by atoms with Gasteiger partial charge in [-0.1, -0.05) is 0 Å². The first kappa shape index (κ1) is 12.2. The maximum atomic E-state index is 11.8. The number of nitrogens with one attached hydrogen (secondary N) is 2. The Morgan fingerprint density at radius 2 is 2.42 bits per heavy atom. The highest BCUT2D eigenvalue weighted by molar-refractivity contribution is 5.83. The normalized spacial score (nSPS) is 26.0. The second-order valence-electron chi connectivity index (χ2n) is 5.10. The third-order valence-electron chi connectivity index (χ3n) is 3.95. The van der Waals surface area contributed by atoms with E-state index in [1.807, 2.05) is 6.92 Å². The van der Waals surface area contributed by atoms with Crippen molar-refractivity contribution in [2.75, 3.05) is 23.4 Å². The molecule has 2 saturated heterocycles. The molecule has 2 atom stereocenters. The highest BCUT2D eigenvalue weighted by Gasteiger charge is 2.41. The van der Waals surface area contributed by atoms with Gasteiger partial charge >= 0.3 is 0 Å². The van der Waals surface area contributed by atoms with E-state index in [9.17, 15) is 4.79 Å². The molecule has 2 aliphatic rings. The summed E-state index contributed by atoms with van der Waals surface area (Å²) in [6.45, 7) is 3.58. The second-order valence-corrected chi connectivity index (χ2v) is 5.10. The van der Waals surface area contributed by atoms with E-state index in [2.05, 4.69) is 25.6 Å². The zero-order chi connectivity index (χ0) is 13.4. The summed E-state index contributed by atoms with van der Waals surface area (Å²) in [5.41, 5.74) is 3.47. The lowest BCUT2D eigenvalue weighted by Crippen LogP contribution is -2.46. The fourth-order valence-electron chi connectivity index (χ4n) is 3.01. The minimum Gasteiger partial charge on any atom is -0.354 e. The topological polar surface area (TPSA) is 96.2 Å². The quantitative estimate of drug-likeness (QED) is 0.504. The third-order valence-corrected chi connectivity index (χ3v) is 3.95. The zero-order valence-electron chi connectivity index (χ0n) is 10.9. The number of nitrogens with zero attached hydrogens (tertiary/aromatic N) is 3. The van der Waals surface area contributed by atoms with Gasteiger partial charge in [0.15, 0.2) is 0 Å². The van der Waals surface area contributed by atoms with E-state index in [0.717, 1.165) is 30.8 Å². The maximum absolute atomic E-state index is 11.8. The molecule has 102 valence electrons. The molecular weight excluding hydrogens is 244 g/mol. The SMILES string of the molecule is Cc1cnc(NN)nc1N1CCCC2C(=O)NCC21. The summed E-state index contributed by atoms with van der Waals surface area (Å²) in [5.74, 6) is 6.89. The average molecular weight is 262 g/mol. The predicted octanol–water partition coefficient (Wildman–Crippen LogP) is -0.215. The van der Waals surface area contributed by atoms with Gasteiger partial charge in [-0.25, -0.2) is 10.8 Å². The van der Waals surface area contributed by atoms with E-state index >= 15 is 0 Å². The summed E-state index contributed by atoms with van der Waals surface area (Å²) in [6, 6.07) is 0.195. The van der Waals surface area contributed by atoms with Crippen LogP contribution in [0, 0.1) is 12.8 Å². The number of hydrazine groups is 1. The highest BCUT2D eigenvalue weighted by Crippen LogP contribution is 2.32. The highest BCUT2D eigenvalue weighted by atomic mass is 16.2. The Kier molecular flexibility index (Phi) is 2.98. The minimum atomic E-state index is 0.0809. The van der Waals surface area contributed by atoms with Crippen LogP contribution in [0.15, 0.2) is 6.20 Å². The summed E-state index contributed by atoms with van der Waals surface area (Å²) in [7, 11) is 0. The lowest BCUT2D eigenvalue weighted by Gasteiger charge is -2.37. The zero-order valence-corrected chi connectivity index (χ0v) is 10.9. The van der Waals surface area contributed by atoms with E-state index in [1.165, 1.54) is 0 Å². The van der Waals surface area contributed by atoms with Crippen molar-refractivity contribution in [2.24, 2.45) is 11.8 Å². The number of carbonyl (C=O) groups is 1. The molecule has 1 amide bonds. The number of carbonyl (C=O) groups excluding carboxylic acids is 1. The van der Waals surface area contributed by atoms with E-state index in [0.29, 0.717) is 12.5 Å². The van der Waals surface area contributed by atoms with Gasteiger partial charge in [-0.3, -0.25) is 10.2 Å². The fourth-order valence-corrected chi connectivity index (χ4v) is 3.01. The van der Waals surface area contributed by atoms with Gasteiger partial charge in [0.05, 0.1) is 12.0 Å². The molecule has 2 unspecified atom stereocenters. The standard InChI is InChI=1S/C12H18N6O/c1-7-5-15-12(17-13)16-10(7)18-4-2-3-8-9(18)6-14-11(8)19/h5,8-9H,2-4,6,13H2,1H3,(H,14,19)(H,15,16,17). The van der Waals surface area contributed by atoms with Crippen LogP contribution in [-0.4, -0.2) is 35.0 Å². The van der Waals surface area contributed by atoms with Gasteiger partial charge in [-0.15, -0.1) is 0 Å². The van der Waals surface area contributed by atoms with Crippen molar-refractivity contribution >= 4 is 17.7 Å². The maximum Gasteiger partial charge on any atom is 0.239 e. The monoisotopic (exact) mass is 262 g/mol. The van der Waals surface area contributed by atoms with Gasteiger partial charge in [0.2, 0.25) is 11.9 Å². The summed E-state index contributed by atoms with van der Waals surface area (Å²) in [5, 5.41) is 2.95. The molecule has 3 heterocycles. The van der Waals surface area contributed by atoms with E-state index in [1.54, 1.807) is 6.20 Å². The Balaban J connectivity index is 1.94. The smallest absolute Gasteiger partial charge is 0.239 e. The number of amides is 1. The third kappa shape index (κ3) is 1.99. The van der Waals surface area contributed by atoms with Crippen LogP contribution in [0.2, 0.25) is 0 Å². The summed E-state index contributed by atoms with van der Waals surface area (Å²) < 4.78 is 0. The molecule has 2 fully saturated rings. The molecule has 3 rings (SSSR count). The predicted molar refractivity (Wildman–Crippen MR) is 71.4 cm³/mol. The fraction of sp³-hybridized carbons (Fsp3) is 0.583. The number of nitrogen functional groups attached to an aromatic ring is 1. The van der Waals surface area contributed by atoms with Gasteiger partial charge in [0.1, 0.15) is 5.82 Å². The first-order valence-corrected chi connectivity index (χ1v) is 6.55. The van der Waals surface area contributed by atoms with Gasteiger partial charge in [0.25, 0.3) is 0 Å². The number of hydrogen-bond acceptors (Lipinski definition) is 6. The van der Waals surface area contributed by atoms with Crippen LogP contribution in [-0.2, 0) is 4.79 Å². The molecule has 2 aliphatic heterocycles. The number of rotatable bonds is 2. The molecule has 7 nitrogen and oxygen atoms in total. The first-order valence-electron chi connectivity index (χ1n) is 6.55. The van der Waals surface area contributed by atoms with Crippen molar-refractivity contribution in [3.63, 3.8) is 0 Å². The van der Waals surface area contributed by atoms with Crippen molar-refractivity contribution in [1.82, 2.24) is 15.3 Å². The van der Waals surface area contributed by atoms with E-state index in [4.69, 9.17) is 5.84 Å². The number of aromatic nitrogens is 2. The molecule has 0 saturated carbocycles. The van der Waals surface area contributed by atoms with Crippen LogP contribution >= 0.6 is 0 Å². The van der Waals surface area contributed by atoms with Gasteiger partial charge < -0.3 is 10.2 Å². The number of nitrogens with two attached hydrogens (primary N) is 1. The summed E-state index contributed by atoms with van der Waals surface area (Å²) >= 11 is 0. The van der Waals surface area contributed by atoms with Gasteiger partial charge in [-0.05, 0) is 19.8 Å². The van der Waals surface area contributed by atoms with Crippen LogP contribution in [0.4, 0.5) is 11.8 Å². The number of aryl methyl sites for hydroxylation is 1. The molecule has 1 aromatic heterocycles. The van der Waals surface area contributed by atoms with Crippen molar-refractivity contribution < 1.29 is 4.79 Å². The number of hydrogen-bond donors (Lipinski definition) is 3. The number of anilines is 2. The van der Waals surface area contributed by atoms with Crippen LogP contribution in [0.25, 0.3) is 0 Å².